The highest BCUT2D eigenvalue weighted by Gasteiger charge is 2.12. The van der Waals surface area contributed by atoms with Gasteiger partial charge in [0.1, 0.15) is 11.5 Å². The van der Waals surface area contributed by atoms with E-state index in [1.54, 1.807) is 48.5 Å². The molecule has 1 amide bonds. The van der Waals surface area contributed by atoms with Crippen LogP contribution in [0.15, 0.2) is 80.8 Å². The van der Waals surface area contributed by atoms with Crippen molar-refractivity contribution in [1.29, 1.82) is 0 Å². The number of nitrogens with one attached hydrogen (secondary N) is 1. The number of ether oxygens (including phenoxy) is 2. The van der Waals surface area contributed by atoms with Gasteiger partial charge in [0, 0.05) is 14.5 Å². The predicted molar refractivity (Wildman–Crippen MR) is 126 cm³/mol. The number of aryl methyl sites for hydroxylation is 1. The van der Waals surface area contributed by atoms with Gasteiger partial charge in [0.2, 0.25) is 0 Å². The Morgan fingerprint density at radius 2 is 1.74 bits per heavy atom. The molecule has 0 radical (unpaired) electrons. The largest absolute Gasteiger partial charge is 0.484 e. The molecule has 31 heavy (non-hydrogen) atoms. The molecular weight excluding hydrogens is 528 g/mol. The fourth-order valence-electron chi connectivity index (χ4n) is 2.52. The summed E-state index contributed by atoms with van der Waals surface area (Å²) in [5.74, 6) is -0.000360. The number of hydrogen-bond acceptors (Lipinski definition) is 5. The van der Waals surface area contributed by atoms with Crippen molar-refractivity contribution in [1.82, 2.24) is 5.43 Å². The van der Waals surface area contributed by atoms with Crippen molar-refractivity contribution in [2.75, 3.05) is 6.61 Å². The first kappa shape index (κ1) is 22.7. The zero-order valence-electron chi connectivity index (χ0n) is 16.5. The van der Waals surface area contributed by atoms with Crippen LogP contribution in [0.4, 0.5) is 0 Å². The number of halogens is 2. The summed E-state index contributed by atoms with van der Waals surface area (Å²) < 4.78 is 12.6. The van der Waals surface area contributed by atoms with Crippen LogP contribution < -0.4 is 14.9 Å². The lowest BCUT2D eigenvalue weighted by Gasteiger charge is -2.08. The van der Waals surface area contributed by atoms with E-state index in [0.717, 1.165) is 14.5 Å². The van der Waals surface area contributed by atoms with Crippen molar-refractivity contribution in [2.24, 2.45) is 5.10 Å². The minimum atomic E-state index is -0.500. The number of rotatable bonds is 7. The summed E-state index contributed by atoms with van der Waals surface area (Å²) in [6.07, 6.45) is 1.40. The lowest BCUT2D eigenvalue weighted by Crippen LogP contribution is -2.24. The van der Waals surface area contributed by atoms with Crippen molar-refractivity contribution >= 4 is 50.0 Å². The first-order valence-corrected chi connectivity index (χ1v) is 10.8. The Kier molecular flexibility index (Phi) is 7.97. The molecule has 1 N–H and O–H groups in total. The topological polar surface area (TPSA) is 77.0 Å². The van der Waals surface area contributed by atoms with E-state index in [4.69, 9.17) is 9.47 Å². The maximum atomic E-state index is 12.4. The molecule has 0 aliphatic rings. The highest BCUT2D eigenvalue weighted by molar-refractivity contribution is 9.10. The van der Waals surface area contributed by atoms with Gasteiger partial charge in [0.05, 0.1) is 11.8 Å². The Hall–Kier alpha value is -2.97. The van der Waals surface area contributed by atoms with E-state index in [1.807, 2.05) is 25.1 Å². The maximum Gasteiger partial charge on any atom is 0.343 e. The average Bonchev–Trinajstić information content (AvgIpc) is 2.74. The molecule has 0 aliphatic heterocycles. The minimum absolute atomic E-state index is 0.176. The summed E-state index contributed by atoms with van der Waals surface area (Å²) in [4.78, 5) is 24.4. The molecular formula is C23H18Br2N2O4. The summed E-state index contributed by atoms with van der Waals surface area (Å²) in [6, 6.07) is 19.4. The molecule has 0 saturated carbocycles. The van der Waals surface area contributed by atoms with Crippen LogP contribution in [0.1, 0.15) is 21.5 Å². The van der Waals surface area contributed by atoms with Gasteiger partial charge in [-0.2, -0.15) is 5.10 Å². The highest BCUT2D eigenvalue weighted by Crippen LogP contribution is 2.23. The predicted octanol–water partition coefficient (Wildman–Crippen LogP) is 5.27. The van der Waals surface area contributed by atoms with Crippen LogP contribution in [0.25, 0.3) is 0 Å². The molecule has 0 aromatic heterocycles. The first-order valence-electron chi connectivity index (χ1n) is 9.19. The van der Waals surface area contributed by atoms with Crippen LogP contribution >= 0.6 is 31.9 Å². The number of amides is 1. The molecule has 0 unspecified atom stereocenters. The first-order chi connectivity index (χ1) is 14.9. The van der Waals surface area contributed by atoms with Gasteiger partial charge in [-0.15, -0.1) is 0 Å². The molecule has 3 aromatic carbocycles. The summed E-state index contributed by atoms with van der Waals surface area (Å²) in [5.41, 5.74) is 4.36. The van der Waals surface area contributed by atoms with Gasteiger partial charge >= 0.3 is 5.97 Å². The lowest BCUT2D eigenvalue weighted by molar-refractivity contribution is -0.123. The molecule has 0 saturated heterocycles. The van der Waals surface area contributed by atoms with Gasteiger partial charge in [-0.1, -0.05) is 44.0 Å². The van der Waals surface area contributed by atoms with Crippen molar-refractivity contribution in [3.8, 4) is 11.5 Å². The quantitative estimate of drug-likeness (QED) is 0.190. The van der Waals surface area contributed by atoms with Crippen molar-refractivity contribution in [2.45, 2.75) is 6.92 Å². The summed E-state index contributed by atoms with van der Waals surface area (Å²) >= 11 is 6.71. The number of nitrogens with zero attached hydrogens (tertiary/aromatic N) is 1. The van der Waals surface area contributed by atoms with Crippen LogP contribution in [0, 0.1) is 6.92 Å². The van der Waals surface area contributed by atoms with E-state index in [2.05, 4.69) is 42.4 Å². The standard InChI is InChI=1S/C23H18Br2N2O4/c1-15-3-2-4-20(11-15)30-14-22(28)27-26-13-17-12-19(25)9-10-21(17)31-23(29)16-5-7-18(24)8-6-16/h2-13H,14H2,1H3,(H,27,28)/b26-13-. The number of carbonyl (C=O) groups is 2. The third-order valence-corrected chi connectivity index (χ3v) is 5.03. The highest BCUT2D eigenvalue weighted by atomic mass is 79.9. The third-order valence-electron chi connectivity index (χ3n) is 4.01. The fraction of sp³-hybridized carbons (Fsp3) is 0.0870. The molecule has 0 spiro atoms. The Bertz CT molecular complexity index is 1110. The van der Waals surface area contributed by atoms with E-state index < -0.39 is 11.9 Å². The van der Waals surface area contributed by atoms with Crippen LogP contribution in [0.5, 0.6) is 11.5 Å². The van der Waals surface area contributed by atoms with Crippen LogP contribution in [-0.2, 0) is 4.79 Å². The second-order valence-electron chi connectivity index (χ2n) is 6.48. The molecule has 0 fully saturated rings. The SMILES string of the molecule is Cc1cccc(OCC(=O)N/N=C\c2cc(Br)ccc2OC(=O)c2ccc(Br)cc2)c1. The minimum Gasteiger partial charge on any atom is -0.484 e. The molecule has 0 atom stereocenters. The second-order valence-corrected chi connectivity index (χ2v) is 8.31. The molecule has 3 aromatic rings. The molecule has 8 heteroatoms. The van der Waals surface area contributed by atoms with Gasteiger partial charge < -0.3 is 9.47 Å². The van der Waals surface area contributed by atoms with E-state index in [1.165, 1.54) is 6.21 Å². The number of esters is 1. The molecule has 158 valence electrons. The van der Waals surface area contributed by atoms with E-state index in [9.17, 15) is 9.59 Å². The Morgan fingerprint density at radius 3 is 2.48 bits per heavy atom. The number of carbonyl (C=O) groups excluding carboxylic acids is 2. The Balaban J connectivity index is 1.61. The molecule has 0 bridgehead atoms. The Morgan fingerprint density at radius 1 is 1.00 bits per heavy atom. The van der Waals surface area contributed by atoms with E-state index in [0.29, 0.717) is 22.6 Å². The summed E-state index contributed by atoms with van der Waals surface area (Å²) in [5, 5.41) is 3.94. The summed E-state index contributed by atoms with van der Waals surface area (Å²) in [6.45, 7) is 1.76. The zero-order chi connectivity index (χ0) is 22.2. The van der Waals surface area contributed by atoms with Crippen molar-refractivity contribution in [3.05, 3.63) is 92.4 Å². The molecule has 3 rings (SSSR count). The molecule has 6 nitrogen and oxygen atoms in total. The average molecular weight is 546 g/mol. The van der Waals surface area contributed by atoms with Crippen molar-refractivity contribution < 1.29 is 19.1 Å². The van der Waals surface area contributed by atoms with E-state index >= 15 is 0 Å². The van der Waals surface area contributed by atoms with E-state index in [-0.39, 0.29) is 6.61 Å². The van der Waals surface area contributed by atoms with Crippen LogP contribution in [0.2, 0.25) is 0 Å². The van der Waals surface area contributed by atoms with Gasteiger partial charge in [0.25, 0.3) is 5.91 Å². The molecule has 0 heterocycles. The van der Waals surface area contributed by atoms with Gasteiger partial charge in [-0.25, -0.2) is 10.2 Å². The lowest BCUT2D eigenvalue weighted by atomic mass is 10.2. The van der Waals surface area contributed by atoms with Crippen LogP contribution in [-0.4, -0.2) is 24.7 Å². The fourth-order valence-corrected chi connectivity index (χ4v) is 3.16. The zero-order valence-corrected chi connectivity index (χ0v) is 19.6. The maximum absolute atomic E-state index is 12.4. The number of hydrazone groups is 1. The summed E-state index contributed by atoms with van der Waals surface area (Å²) in [7, 11) is 0. The third kappa shape index (κ3) is 7.04. The monoisotopic (exact) mass is 544 g/mol. The second kappa shape index (κ2) is 10.9. The Labute approximate surface area is 196 Å². The normalized spacial score (nSPS) is 10.7. The smallest absolute Gasteiger partial charge is 0.343 e. The van der Waals surface area contributed by atoms with Crippen LogP contribution in [0.3, 0.4) is 0 Å². The van der Waals surface area contributed by atoms with Gasteiger partial charge in [0.15, 0.2) is 6.61 Å². The van der Waals surface area contributed by atoms with Gasteiger partial charge in [-0.05, 0) is 67.1 Å². The van der Waals surface area contributed by atoms with Gasteiger partial charge in [-0.3, -0.25) is 4.79 Å². The number of hydrogen-bond donors (Lipinski definition) is 1. The van der Waals surface area contributed by atoms with Crippen molar-refractivity contribution in [3.63, 3.8) is 0 Å². The number of benzene rings is 3. The molecule has 0 aliphatic carbocycles.